The van der Waals surface area contributed by atoms with Crippen LogP contribution in [0.1, 0.15) is 44.1 Å². The fourth-order valence-corrected chi connectivity index (χ4v) is 5.38. The third-order valence-corrected chi connectivity index (χ3v) is 7.57. The SMILES string of the molecule is Clc1ccc(Sc2ccccc2C=NNc2nc(N3CCCCC3)nc(N3CCCCC3)n2)cc1. The Labute approximate surface area is 216 Å². The fraction of sp³-hybridized carbons (Fsp3) is 0.385. The summed E-state index contributed by atoms with van der Waals surface area (Å²) in [7, 11) is 0. The van der Waals surface area contributed by atoms with Gasteiger partial charge in [0.25, 0.3) is 0 Å². The largest absolute Gasteiger partial charge is 0.341 e. The average Bonchev–Trinajstić information content (AvgIpc) is 2.92. The van der Waals surface area contributed by atoms with Crippen LogP contribution in [-0.2, 0) is 0 Å². The van der Waals surface area contributed by atoms with E-state index in [0.717, 1.165) is 58.5 Å². The molecule has 0 saturated carbocycles. The monoisotopic (exact) mass is 507 g/mol. The highest BCUT2D eigenvalue weighted by molar-refractivity contribution is 7.99. The van der Waals surface area contributed by atoms with E-state index in [1.165, 1.54) is 38.5 Å². The van der Waals surface area contributed by atoms with Crippen LogP contribution in [0, 0.1) is 0 Å². The van der Waals surface area contributed by atoms with E-state index >= 15 is 0 Å². The standard InChI is InChI=1S/C26H30ClN7S/c27-21-11-13-22(14-12-21)35-23-10-4-3-9-20(23)19-28-32-24-29-25(33-15-5-1-6-16-33)31-26(30-24)34-17-7-2-8-18-34/h3-4,9-14,19H,1-2,5-8,15-18H2,(H,29,30,31,32). The number of piperidine rings is 2. The van der Waals surface area contributed by atoms with Crippen LogP contribution in [-0.4, -0.2) is 47.3 Å². The Kier molecular flexibility index (Phi) is 8.00. The molecule has 0 atom stereocenters. The van der Waals surface area contributed by atoms with Crippen molar-refractivity contribution in [2.75, 3.05) is 41.4 Å². The van der Waals surface area contributed by atoms with Gasteiger partial charge in [-0.3, -0.25) is 0 Å². The molecule has 3 aromatic rings. The van der Waals surface area contributed by atoms with Gasteiger partial charge in [0.05, 0.1) is 6.21 Å². The molecule has 2 aliphatic heterocycles. The number of halogens is 1. The smallest absolute Gasteiger partial charge is 0.250 e. The molecule has 2 aliphatic rings. The summed E-state index contributed by atoms with van der Waals surface area (Å²) in [5.74, 6) is 1.98. The summed E-state index contributed by atoms with van der Waals surface area (Å²) in [6.07, 6.45) is 9.05. The highest BCUT2D eigenvalue weighted by Crippen LogP contribution is 2.30. The zero-order valence-electron chi connectivity index (χ0n) is 19.7. The van der Waals surface area contributed by atoms with Crippen LogP contribution < -0.4 is 15.2 Å². The summed E-state index contributed by atoms with van der Waals surface area (Å²) in [5, 5.41) is 5.24. The molecule has 0 unspecified atom stereocenters. The Balaban J connectivity index is 1.35. The molecule has 0 spiro atoms. The van der Waals surface area contributed by atoms with Gasteiger partial charge >= 0.3 is 0 Å². The van der Waals surface area contributed by atoms with E-state index in [2.05, 4.69) is 32.5 Å². The molecule has 0 bridgehead atoms. The molecule has 2 aromatic carbocycles. The Morgan fingerprint density at radius 3 is 2.00 bits per heavy atom. The molecular weight excluding hydrogens is 478 g/mol. The van der Waals surface area contributed by atoms with Gasteiger partial charge in [-0.15, -0.1) is 0 Å². The molecule has 2 fully saturated rings. The maximum Gasteiger partial charge on any atom is 0.250 e. The molecule has 5 rings (SSSR count). The minimum atomic E-state index is 0.486. The van der Waals surface area contributed by atoms with Gasteiger partial charge in [0.1, 0.15) is 0 Å². The van der Waals surface area contributed by atoms with Crippen LogP contribution in [0.5, 0.6) is 0 Å². The van der Waals surface area contributed by atoms with Crippen LogP contribution in [0.2, 0.25) is 5.02 Å². The Morgan fingerprint density at radius 1 is 0.771 bits per heavy atom. The summed E-state index contributed by atoms with van der Waals surface area (Å²) in [4.78, 5) is 21.0. The Hall–Kier alpha value is -2.84. The highest BCUT2D eigenvalue weighted by Gasteiger charge is 2.20. The zero-order valence-corrected chi connectivity index (χ0v) is 21.3. The lowest BCUT2D eigenvalue weighted by molar-refractivity contribution is 0.556. The average molecular weight is 508 g/mol. The molecule has 35 heavy (non-hydrogen) atoms. The molecule has 0 radical (unpaired) electrons. The highest BCUT2D eigenvalue weighted by atomic mass is 35.5. The Bertz CT molecular complexity index is 1110. The first-order valence-corrected chi connectivity index (χ1v) is 13.5. The minimum absolute atomic E-state index is 0.486. The van der Waals surface area contributed by atoms with Crippen molar-refractivity contribution in [2.24, 2.45) is 5.10 Å². The van der Waals surface area contributed by atoms with Gasteiger partial charge in [0, 0.05) is 46.6 Å². The van der Waals surface area contributed by atoms with E-state index in [1.54, 1.807) is 11.8 Å². The summed E-state index contributed by atoms with van der Waals surface area (Å²) < 4.78 is 0. The lowest BCUT2D eigenvalue weighted by atomic mass is 10.1. The maximum absolute atomic E-state index is 6.03. The summed E-state index contributed by atoms with van der Waals surface area (Å²) in [6.45, 7) is 3.95. The van der Waals surface area contributed by atoms with E-state index in [1.807, 2.05) is 42.6 Å². The van der Waals surface area contributed by atoms with Crippen molar-refractivity contribution < 1.29 is 0 Å². The number of benzene rings is 2. The van der Waals surface area contributed by atoms with Crippen molar-refractivity contribution in [3.05, 3.63) is 59.1 Å². The van der Waals surface area contributed by atoms with Gasteiger partial charge in [-0.25, -0.2) is 5.43 Å². The van der Waals surface area contributed by atoms with Crippen LogP contribution in [0.4, 0.5) is 17.8 Å². The van der Waals surface area contributed by atoms with Gasteiger partial charge in [0.2, 0.25) is 17.8 Å². The van der Waals surface area contributed by atoms with Gasteiger partial charge < -0.3 is 9.80 Å². The number of rotatable bonds is 7. The molecule has 2 saturated heterocycles. The Morgan fingerprint density at radius 2 is 1.37 bits per heavy atom. The summed E-state index contributed by atoms with van der Waals surface area (Å²) >= 11 is 7.71. The van der Waals surface area contributed by atoms with Crippen molar-refractivity contribution >= 4 is 47.4 Å². The van der Waals surface area contributed by atoms with Crippen molar-refractivity contribution in [3.63, 3.8) is 0 Å². The van der Waals surface area contributed by atoms with Gasteiger partial charge in [-0.05, 0) is 68.9 Å². The van der Waals surface area contributed by atoms with E-state index in [-0.39, 0.29) is 0 Å². The van der Waals surface area contributed by atoms with Crippen molar-refractivity contribution in [1.82, 2.24) is 15.0 Å². The topological polar surface area (TPSA) is 69.5 Å². The molecule has 9 heteroatoms. The van der Waals surface area contributed by atoms with Crippen LogP contribution in [0.25, 0.3) is 0 Å². The first kappa shape index (κ1) is 23.9. The van der Waals surface area contributed by atoms with Crippen molar-refractivity contribution in [2.45, 2.75) is 48.3 Å². The van der Waals surface area contributed by atoms with Gasteiger partial charge in [0.15, 0.2) is 0 Å². The maximum atomic E-state index is 6.03. The normalized spacial score (nSPS) is 16.6. The zero-order chi connectivity index (χ0) is 23.9. The van der Waals surface area contributed by atoms with Crippen LogP contribution in [0.15, 0.2) is 63.4 Å². The third kappa shape index (κ3) is 6.44. The molecule has 1 N–H and O–H groups in total. The van der Waals surface area contributed by atoms with Gasteiger partial charge in [-0.2, -0.15) is 20.1 Å². The van der Waals surface area contributed by atoms with Crippen LogP contribution >= 0.6 is 23.4 Å². The molecular formula is C26H30ClN7S. The third-order valence-electron chi connectivity index (χ3n) is 6.22. The number of anilines is 3. The molecule has 0 amide bonds. The second kappa shape index (κ2) is 11.7. The van der Waals surface area contributed by atoms with E-state index in [0.29, 0.717) is 5.95 Å². The number of hydrogen-bond donors (Lipinski definition) is 1. The van der Waals surface area contributed by atoms with Gasteiger partial charge in [-0.1, -0.05) is 41.6 Å². The lowest BCUT2D eigenvalue weighted by Crippen LogP contribution is -2.34. The molecule has 0 aliphatic carbocycles. The number of nitrogens with zero attached hydrogens (tertiary/aromatic N) is 6. The molecule has 1 aromatic heterocycles. The first-order valence-electron chi connectivity index (χ1n) is 12.3. The van der Waals surface area contributed by atoms with E-state index < -0.39 is 0 Å². The number of nitrogens with one attached hydrogen (secondary N) is 1. The number of aromatic nitrogens is 3. The van der Waals surface area contributed by atoms with Crippen molar-refractivity contribution in [1.29, 1.82) is 0 Å². The number of hydrazone groups is 1. The quantitative estimate of drug-likeness (QED) is 0.306. The molecule has 182 valence electrons. The first-order chi connectivity index (χ1) is 17.2. The van der Waals surface area contributed by atoms with Crippen LogP contribution in [0.3, 0.4) is 0 Å². The van der Waals surface area contributed by atoms with Crippen molar-refractivity contribution in [3.8, 4) is 0 Å². The second-order valence-corrected chi connectivity index (χ2v) is 10.4. The van der Waals surface area contributed by atoms with E-state index in [4.69, 9.17) is 26.6 Å². The summed E-state index contributed by atoms with van der Waals surface area (Å²) in [6, 6.07) is 16.0. The lowest BCUT2D eigenvalue weighted by Gasteiger charge is -2.30. The predicted molar refractivity (Wildman–Crippen MR) is 145 cm³/mol. The minimum Gasteiger partial charge on any atom is -0.341 e. The fourth-order valence-electron chi connectivity index (χ4n) is 4.34. The molecule has 3 heterocycles. The predicted octanol–water partition coefficient (Wildman–Crippen LogP) is 6.10. The summed E-state index contributed by atoms with van der Waals surface area (Å²) in [5.41, 5.74) is 4.09. The molecule has 7 nitrogen and oxygen atoms in total. The van der Waals surface area contributed by atoms with E-state index in [9.17, 15) is 0 Å². The number of hydrogen-bond acceptors (Lipinski definition) is 8. The second-order valence-electron chi connectivity index (χ2n) is 8.82.